The SMILES string of the molecule is CN(CCOC1CCCCO1)CC1CCCN1. The van der Waals surface area contributed by atoms with E-state index in [0.29, 0.717) is 6.04 Å². The van der Waals surface area contributed by atoms with Gasteiger partial charge in [-0.15, -0.1) is 0 Å². The molecule has 4 nitrogen and oxygen atoms in total. The van der Waals surface area contributed by atoms with Gasteiger partial charge < -0.3 is 19.7 Å². The van der Waals surface area contributed by atoms with E-state index in [9.17, 15) is 0 Å². The molecule has 2 aliphatic heterocycles. The van der Waals surface area contributed by atoms with Crippen LogP contribution < -0.4 is 5.32 Å². The van der Waals surface area contributed by atoms with Crippen LogP contribution in [0.5, 0.6) is 0 Å². The Morgan fingerprint density at radius 3 is 2.94 bits per heavy atom. The topological polar surface area (TPSA) is 33.7 Å². The van der Waals surface area contributed by atoms with Crippen LogP contribution in [0.3, 0.4) is 0 Å². The normalized spacial score (nSPS) is 30.0. The second kappa shape index (κ2) is 7.31. The summed E-state index contributed by atoms with van der Waals surface area (Å²) >= 11 is 0. The molecule has 0 saturated carbocycles. The van der Waals surface area contributed by atoms with Crippen molar-refractivity contribution in [2.45, 2.75) is 44.4 Å². The summed E-state index contributed by atoms with van der Waals surface area (Å²) in [7, 11) is 2.17. The third kappa shape index (κ3) is 4.92. The van der Waals surface area contributed by atoms with Gasteiger partial charge in [0.25, 0.3) is 0 Å². The quantitative estimate of drug-likeness (QED) is 0.759. The first kappa shape index (κ1) is 13.3. The number of rotatable bonds is 6. The van der Waals surface area contributed by atoms with Gasteiger partial charge in [0.1, 0.15) is 0 Å². The van der Waals surface area contributed by atoms with Gasteiger partial charge in [-0.3, -0.25) is 0 Å². The molecular formula is C13H26N2O2. The summed E-state index contributed by atoms with van der Waals surface area (Å²) in [6, 6.07) is 0.686. The van der Waals surface area contributed by atoms with E-state index in [1.807, 2.05) is 0 Å². The minimum Gasteiger partial charge on any atom is -0.353 e. The maximum atomic E-state index is 5.73. The van der Waals surface area contributed by atoms with Crippen molar-refractivity contribution < 1.29 is 9.47 Å². The molecule has 0 aliphatic carbocycles. The Balaban J connectivity index is 1.51. The molecule has 0 radical (unpaired) electrons. The molecule has 2 saturated heterocycles. The van der Waals surface area contributed by atoms with E-state index in [1.165, 1.54) is 32.2 Å². The summed E-state index contributed by atoms with van der Waals surface area (Å²) in [4.78, 5) is 2.35. The summed E-state index contributed by atoms with van der Waals surface area (Å²) in [6.45, 7) is 4.97. The fourth-order valence-electron chi connectivity index (χ4n) is 2.56. The van der Waals surface area contributed by atoms with E-state index < -0.39 is 0 Å². The van der Waals surface area contributed by atoms with Crippen LogP contribution in [0, 0.1) is 0 Å². The molecule has 0 aromatic heterocycles. The van der Waals surface area contributed by atoms with Gasteiger partial charge in [0.2, 0.25) is 0 Å². The fraction of sp³-hybridized carbons (Fsp3) is 1.00. The zero-order chi connectivity index (χ0) is 11.9. The minimum absolute atomic E-state index is 0.0572. The molecule has 1 N–H and O–H groups in total. The summed E-state index contributed by atoms with van der Waals surface area (Å²) in [5.41, 5.74) is 0. The van der Waals surface area contributed by atoms with Gasteiger partial charge in [-0.25, -0.2) is 0 Å². The molecule has 0 amide bonds. The lowest BCUT2D eigenvalue weighted by Crippen LogP contribution is -2.37. The van der Waals surface area contributed by atoms with Crippen LogP contribution in [-0.4, -0.2) is 57.1 Å². The molecule has 17 heavy (non-hydrogen) atoms. The lowest BCUT2D eigenvalue weighted by molar-refractivity contribution is -0.163. The smallest absolute Gasteiger partial charge is 0.157 e. The first-order valence-corrected chi connectivity index (χ1v) is 7.00. The van der Waals surface area contributed by atoms with Crippen molar-refractivity contribution in [1.29, 1.82) is 0 Å². The first-order valence-electron chi connectivity index (χ1n) is 7.00. The second-order valence-corrected chi connectivity index (χ2v) is 5.22. The van der Waals surface area contributed by atoms with Crippen LogP contribution in [0.25, 0.3) is 0 Å². The number of hydrogen-bond acceptors (Lipinski definition) is 4. The maximum absolute atomic E-state index is 5.73. The van der Waals surface area contributed by atoms with Gasteiger partial charge in [0.15, 0.2) is 6.29 Å². The number of hydrogen-bond donors (Lipinski definition) is 1. The van der Waals surface area contributed by atoms with Crippen LogP contribution >= 0.6 is 0 Å². The summed E-state index contributed by atoms with van der Waals surface area (Å²) in [5.74, 6) is 0. The summed E-state index contributed by atoms with van der Waals surface area (Å²) < 4.78 is 11.3. The predicted molar refractivity (Wildman–Crippen MR) is 68.1 cm³/mol. The molecule has 2 aliphatic rings. The number of nitrogens with zero attached hydrogens (tertiary/aromatic N) is 1. The van der Waals surface area contributed by atoms with Crippen molar-refractivity contribution in [3.05, 3.63) is 0 Å². The van der Waals surface area contributed by atoms with E-state index in [2.05, 4.69) is 17.3 Å². The lowest BCUT2D eigenvalue weighted by Gasteiger charge is -2.25. The van der Waals surface area contributed by atoms with E-state index in [0.717, 1.165) is 32.7 Å². The van der Waals surface area contributed by atoms with Crippen LogP contribution in [-0.2, 0) is 9.47 Å². The van der Waals surface area contributed by atoms with Crippen molar-refractivity contribution >= 4 is 0 Å². The molecule has 2 fully saturated rings. The summed E-state index contributed by atoms with van der Waals surface area (Å²) in [5, 5.41) is 3.52. The van der Waals surface area contributed by atoms with Crippen molar-refractivity contribution in [2.75, 3.05) is 39.9 Å². The van der Waals surface area contributed by atoms with Crippen molar-refractivity contribution in [3.8, 4) is 0 Å². The standard InChI is InChI=1S/C13H26N2O2/c1-15(11-12-5-4-7-14-12)8-10-17-13-6-2-3-9-16-13/h12-14H,2-11H2,1H3. The summed E-state index contributed by atoms with van der Waals surface area (Å²) in [6.07, 6.45) is 6.19. The van der Waals surface area contributed by atoms with Gasteiger partial charge in [0.05, 0.1) is 6.61 Å². The highest BCUT2D eigenvalue weighted by atomic mass is 16.7. The molecule has 2 heterocycles. The maximum Gasteiger partial charge on any atom is 0.157 e. The molecule has 4 heteroatoms. The molecule has 0 spiro atoms. The van der Waals surface area contributed by atoms with Crippen LogP contribution in [0.15, 0.2) is 0 Å². The number of ether oxygens (including phenoxy) is 2. The first-order chi connectivity index (χ1) is 8.34. The number of nitrogens with one attached hydrogen (secondary N) is 1. The van der Waals surface area contributed by atoms with Crippen molar-refractivity contribution in [3.63, 3.8) is 0 Å². The number of likely N-dealkylation sites (N-methyl/N-ethyl adjacent to an activating group) is 1. The molecule has 100 valence electrons. The molecule has 2 rings (SSSR count). The Morgan fingerprint density at radius 2 is 2.24 bits per heavy atom. The third-order valence-corrected chi connectivity index (χ3v) is 3.61. The van der Waals surface area contributed by atoms with Crippen LogP contribution in [0.1, 0.15) is 32.1 Å². The van der Waals surface area contributed by atoms with Gasteiger partial charge in [-0.1, -0.05) is 0 Å². The highest BCUT2D eigenvalue weighted by Gasteiger charge is 2.17. The predicted octanol–water partition coefficient (Wildman–Crippen LogP) is 1.21. The Hall–Kier alpha value is -0.160. The molecule has 2 unspecified atom stereocenters. The Kier molecular flexibility index (Phi) is 5.71. The zero-order valence-corrected chi connectivity index (χ0v) is 11.0. The molecule has 0 aromatic rings. The highest BCUT2D eigenvalue weighted by molar-refractivity contribution is 4.76. The lowest BCUT2D eigenvalue weighted by atomic mass is 10.2. The minimum atomic E-state index is 0.0572. The zero-order valence-electron chi connectivity index (χ0n) is 11.0. The molecule has 0 aromatic carbocycles. The van der Waals surface area contributed by atoms with E-state index in [1.54, 1.807) is 0 Å². The third-order valence-electron chi connectivity index (χ3n) is 3.61. The van der Waals surface area contributed by atoms with Gasteiger partial charge in [-0.2, -0.15) is 0 Å². The van der Waals surface area contributed by atoms with Gasteiger partial charge >= 0.3 is 0 Å². The highest BCUT2D eigenvalue weighted by Crippen LogP contribution is 2.13. The second-order valence-electron chi connectivity index (χ2n) is 5.22. The van der Waals surface area contributed by atoms with E-state index in [4.69, 9.17) is 9.47 Å². The van der Waals surface area contributed by atoms with Crippen LogP contribution in [0.4, 0.5) is 0 Å². The largest absolute Gasteiger partial charge is 0.353 e. The molecule has 0 bridgehead atoms. The fourth-order valence-corrected chi connectivity index (χ4v) is 2.56. The van der Waals surface area contributed by atoms with Gasteiger partial charge in [0, 0.05) is 25.7 Å². The Morgan fingerprint density at radius 1 is 1.29 bits per heavy atom. The van der Waals surface area contributed by atoms with Crippen molar-refractivity contribution in [2.24, 2.45) is 0 Å². The van der Waals surface area contributed by atoms with E-state index >= 15 is 0 Å². The average Bonchev–Trinajstić information content (AvgIpc) is 2.83. The Bertz CT molecular complexity index is 202. The van der Waals surface area contributed by atoms with Crippen LogP contribution in [0.2, 0.25) is 0 Å². The molecule has 2 atom stereocenters. The van der Waals surface area contributed by atoms with E-state index in [-0.39, 0.29) is 6.29 Å². The molecular weight excluding hydrogens is 216 g/mol. The van der Waals surface area contributed by atoms with Crippen molar-refractivity contribution in [1.82, 2.24) is 10.2 Å². The monoisotopic (exact) mass is 242 g/mol. The Labute approximate surface area is 105 Å². The average molecular weight is 242 g/mol. The van der Waals surface area contributed by atoms with Gasteiger partial charge in [-0.05, 0) is 45.7 Å².